The maximum atomic E-state index is 12.7. The summed E-state index contributed by atoms with van der Waals surface area (Å²) in [5.74, 6) is 0.487. The van der Waals surface area contributed by atoms with E-state index in [9.17, 15) is 4.79 Å². The van der Waals surface area contributed by atoms with Crippen LogP contribution in [-0.2, 0) is 6.54 Å². The Morgan fingerprint density at radius 2 is 2.12 bits per heavy atom. The minimum atomic E-state index is -0.182. The molecule has 0 aliphatic rings. The van der Waals surface area contributed by atoms with Gasteiger partial charge < -0.3 is 10.1 Å². The maximum absolute atomic E-state index is 12.7. The van der Waals surface area contributed by atoms with E-state index in [4.69, 9.17) is 4.74 Å². The normalized spacial score (nSPS) is 10.8. The number of amides is 1. The number of pyridine rings is 2. The van der Waals surface area contributed by atoms with E-state index >= 15 is 0 Å². The Labute approximate surface area is 140 Å². The van der Waals surface area contributed by atoms with Gasteiger partial charge in [0.05, 0.1) is 24.5 Å². The zero-order chi connectivity index (χ0) is 17.1. The van der Waals surface area contributed by atoms with Gasteiger partial charge >= 0.3 is 0 Å². The molecule has 0 aliphatic carbocycles. The molecule has 124 valence electrons. The third-order valence-corrected chi connectivity index (χ3v) is 3.84. The zero-order valence-electron chi connectivity index (χ0n) is 14.0. The lowest BCUT2D eigenvalue weighted by atomic mass is 10.2. The van der Waals surface area contributed by atoms with Gasteiger partial charge in [0, 0.05) is 12.4 Å². The van der Waals surface area contributed by atoms with E-state index < -0.39 is 0 Å². The second kappa shape index (κ2) is 6.70. The smallest absolute Gasteiger partial charge is 0.270 e. The number of nitrogens with zero attached hydrogens (tertiary/aromatic N) is 3. The van der Waals surface area contributed by atoms with E-state index in [1.54, 1.807) is 10.6 Å². The highest BCUT2D eigenvalue weighted by molar-refractivity contribution is 5.94. The molecule has 0 spiro atoms. The second-order valence-corrected chi connectivity index (χ2v) is 5.49. The Hall–Kier alpha value is -2.89. The maximum Gasteiger partial charge on any atom is 0.270 e. The highest BCUT2D eigenvalue weighted by atomic mass is 16.5. The molecule has 0 unspecified atom stereocenters. The summed E-state index contributed by atoms with van der Waals surface area (Å²) in [7, 11) is 0. The van der Waals surface area contributed by atoms with Gasteiger partial charge in [0.1, 0.15) is 5.69 Å². The van der Waals surface area contributed by atoms with Gasteiger partial charge in [-0.1, -0.05) is 6.07 Å². The third kappa shape index (κ3) is 2.95. The van der Waals surface area contributed by atoms with Gasteiger partial charge in [0.25, 0.3) is 5.91 Å². The van der Waals surface area contributed by atoms with E-state index in [0.29, 0.717) is 35.9 Å². The molecule has 0 saturated carbocycles. The van der Waals surface area contributed by atoms with E-state index in [1.807, 2.05) is 51.2 Å². The number of aromatic nitrogens is 3. The van der Waals surface area contributed by atoms with Crippen molar-refractivity contribution in [2.24, 2.45) is 0 Å². The predicted octanol–water partition coefficient (Wildman–Crippen LogP) is 2.67. The van der Waals surface area contributed by atoms with Crippen molar-refractivity contribution in [3.05, 3.63) is 59.3 Å². The van der Waals surface area contributed by atoms with Crippen molar-refractivity contribution >= 4 is 11.6 Å². The standard InChI is InChI=1S/C18H20N4O2/c1-4-24-15-8-6-10-22-16(13(3)21-17(15)22)18(23)20-11-14-12(2)7-5-9-19-14/h5-10H,4,11H2,1-3H3,(H,20,23). The Bertz CT molecular complexity index is 886. The lowest BCUT2D eigenvalue weighted by Gasteiger charge is -2.08. The van der Waals surface area contributed by atoms with Crippen LogP contribution in [0.2, 0.25) is 0 Å². The van der Waals surface area contributed by atoms with Crippen molar-refractivity contribution in [2.45, 2.75) is 27.3 Å². The molecule has 0 aliphatic heterocycles. The van der Waals surface area contributed by atoms with Crippen LogP contribution in [0.15, 0.2) is 36.7 Å². The van der Waals surface area contributed by atoms with Crippen LogP contribution >= 0.6 is 0 Å². The highest BCUT2D eigenvalue weighted by Gasteiger charge is 2.18. The van der Waals surface area contributed by atoms with Crippen molar-refractivity contribution in [1.82, 2.24) is 19.7 Å². The number of rotatable bonds is 5. The van der Waals surface area contributed by atoms with E-state index in [2.05, 4.69) is 15.3 Å². The topological polar surface area (TPSA) is 68.5 Å². The summed E-state index contributed by atoms with van der Waals surface area (Å²) in [5.41, 5.74) is 3.73. The molecule has 0 aromatic carbocycles. The molecule has 0 bridgehead atoms. The van der Waals surface area contributed by atoms with Gasteiger partial charge in [-0.2, -0.15) is 0 Å². The summed E-state index contributed by atoms with van der Waals surface area (Å²) >= 11 is 0. The summed E-state index contributed by atoms with van der Waals surface area (Å²) in [6, 6.07) is 7.55. The molecule has 1 amide bonds. The number of imidazole rings is 1. The molecule has 0 fully saturated rings. The van der Waals surface area contributed by atoms with Crippen molar-refractivity contribution in [3.8, 4) is 5.75 Å². The average Bonchev–Trinajstić information content (AvgIpc) is 2.91. The monoisotopic (exact) mass is 324 g/mol. The van der Waals surface area contributed by atoms with Gasteiger partial charge in [0.2, 0.25) is 0 Å². The van der Waals surface area contributed by atoms with Gasteiger partial charge in [-0.05, 0) is 44.5 Å². The average molecular weight is 324 g/mol. The summed E-state index contributed by atoms with van der Waals surface area (Å²) < 4.78 is 7.35. The quantitative estimate of drug-likeness (QED) is 0.783. The molecular formula is C18H20N4O2. The second-order valence-electron chi connectivity index (χ2n) is 5.49. The summed E-state index contributed by atoms with van der Waals surface area (Å²) in [5, 5.41) is 2.92. The molecule has 0 radical (unpaired) electrons. The first-order valence-electron chi connectivity index (χ1n) is 7.91. The molecule has 3 heterocycles. The van der Waals surface area contributed by atoms with Gasteiger partial charge in [-0.3, -0.25) is 14.2 Å². The molecule has 0 atom stereocenters. The minimum Gasteiger partial charge on any atom is -0.490 e. The van der Waals surface area contributed by atoms with Crippen LogP contribution in [0.3, 0.4) is 0 Å². The number of fused-ring (bicyclic) bond motifs is 1. The Kier molecular flexibility index (Phi) is 4.46. The summed E-state index contributed by atoms with van der Waals surface area (Å²) in [6.07, 6.45) is 3.54. The number of nitrogens with one attached hydrogen (secondary N) is 1. The molecule has 6 nitrogen and oxygen atoms in total. The van der Waals surface area contributed by atoms with Crippen molar-refractivity contribution < 1.29 is 9.53 Å². The first kappa shape index (κ1) is 16.0. The fourth-order valence-electron chi connectivity index (χ4n) is 2.65. The van der Waals surface area contributed by atoms with Crippen LogP contribution in [0.1, 0.15) is 34.4 Å². The van der Waals surface area contributed by atoms with Crippen LogP contribution in [0.25, 0.3) is 5.65 Å². The van der Waals surface area contributed by atoms with Crippen molar-refractivity contribution in [1.29, 1.82) is 0 Å². The molecule has 0 saturated heterocycles. The van der Waals surface area contributed by atoms with Gasteiger partial charge in [-0.15, -0.1) is 0 Å². The molecule has 3 rings (SSSR count). The van der Waals surface area contributed by atoms with Crippen LogP contribution in [0, 0.1) is 13.8 Å². The van der Waals surface area contributed by atoms with Crippen molar-refractivity contribution in [2.75, 3.05) is 6.61 Å². The van der Waals surface area contributed by atoms with Crippen molar-refractivity contribution in [3.63, 3.8) is 0 Å². The van der Waals surface area contributed by atoms with E-state index in [1.165, 1.54) is 0 Å². The highest BCUT2D eigenvalue weighted by Crippen LogP contribution is 2.22. The molecule has 1 N–H and O–H groups in total. The van der Waals surface area contributed by atoms with Gasteiger partial charge in [-0.25, -0.2) is 4.98 Å². The van der Waals surface area contributed by atoms with Crippen LogP contribution in [-0.4, -0.2) is 26.9 Å². The number of aryl methyl sites for hydroxylation is 2. The van der Waals surface area contributed by atoms with Crippen LogP contribution in [0.4, 0.5) is 0 Å². The Morgan fingerprint density at radius 1 is 1.29 bits per heavy atom. The first-order valence-corrected chi connectivity index (χ1v) is 7.91. The van der Waals surface area contributed by atoms with E-state index in [0.717, 1.165) is 11.3 Å². The SMILES string of the molecule is CCOc1cccn2c(C(=O)NCc3ncccc3C)c(C)nc12. The third-order valence-electron chi connectivity index (χ3n) is 3.84. The van der Waals surface area contributed by atoms with Crippen LogP contribution < -0.4 is 10.1 Å². The lowest BCUT2D eigenvalue weighted by molar-refractivity contribution is 0.0944. The largest absolute Gasteiger partial charge is 0.490 e. The molecule has 24 heavy (non-hydrogen) atoms. The predicted molar refractivity (Wildman–Crippen MR) is 91.2 cm³/mol. The fourth-order valence-corrected chi connectivity index (χ4v) is 2.65. The molecule has 6 heteroatoms. The number of hydrogen-bond donors (Lipinski definition) is 1. The van der Waals surface area contributed by atoms with E-state index in [-0.39, 0.29) is 5.91 Å². The number of carbonyl (C=O) groups is 1. The number of ether oxygens (including phenoxy) is 1. The summed E-state index contributed by atoms with van der Waals surface area (Å²) in [6.45, 7) is 6.64. The molecule has 3 aromatic heterocycles. The lowest BCUT2D eigenvalue weighted by Crippen LogP contribution is -2.25. The molecule has 3 aromatic rings. The van der Waals surface area contributed by atoms with Crippen LogP contribution in [0.5, 0.6) is 5.75 Å². The summed E-state index contributed by atoms with van der Waals surface area (Å²) in [4.78, 5) is 21.4. The fraction of sp³-hybridized carbons (Fsp3) is 0.278. The zero-order valence-corrected chi connectivity index (χ0v) is 14.0. The van der Waals surface area contributed by atoms with Gasteiger partial charge in [0.15, 0.2) is 11.4 Å². The number of carbonyl (C=O) groups excluding carboxylic acids is 1. The first-order chi connectivity index (χ1) is 11.6. The Balaban J connectivity index is 1.89. The minimum absolute atomic E-state index is 0.182. The Morgan fingerprint density at radius 3 is 2.88 bits per heavy atom. The number of hydrogen-bond acceptors (Lipinski definition) is 4. The molecular weight excluding hydrogens is 304 g/mol.